The zero-order valence-electron chi connectivity index (χ0n) is 17.6. The van der Waals surface area contributed by atoms with Crippen LogP contribution in [0.3, 0.4) is 0 Å². The van der Waals surface area contributed by atoms with Gasteiger partial charge in [-0.3, -0.25) is 9.78 Å². The first-order valence-corrected chi connectivity index (χ1v) is 9.56. The van der Waals surface area contributed by atoms with E-state index in [1.165, 1.54) is 14.0 Å². The Bertz CT molecular complexity index is 858. The molecule has 0 aliphatic heterocycles. The summed E-state index contributed by atoms with van der Waals surface area (Å²) in [5.74, 6) is -0.155. The standard InChI is InChI=1S/C22H30N2O5/c1-14(25)20(27)19(21(28-5)22(2,3)4)24-29-13-18(26)11-15-6-7-17-12-23-9-8-16(17)10-15/h6-10,12,14,20-21,25,27H,11,13H2,1-5H3/b24-19+/t14-,20+,21-/m1/s1. The number of hydrogen-bond acceptors (Lipinski definition) is 7. The fourth-order valence-corrected chi connectivity index (χ4v) is 3.12. The third-order valence-corrected chi connectivity index (χ3v) is 4.55. The molecular formula is C22H30N2O5. The van der Waals surface area contributed by atoms with Crippen molar-refractivity contribution in [2.24, 2.45) is 10.6 Å². The Balaban J connectivity index is 2.07. The molecule has 158 valence electrons. The number of nitrogens with zero attached hydrogens (tertiary/aromatic N) is 2. The summed E-state index contributed by atoms with van der Waals surface area (Å²) >= 11 is 0. The Morgan fingerprint density at radius 1 is 1.21 bits per heavy atom. The number of oxime groups is 1. The van der Waals surface area contributed by atoms with E-state index in [9.17, 15) is 15.0 Å². The van der Waals surface area contributed by atoms with E-state index >= 15 is 0 Å². The lowest BCUT2D eigenvalue weighted by Crippen LogP contribution is -2.46. The molecule has 0 aliphatic rings. The second kappa shape index (κ2) is 9.91. The van der Waals surface area contributed by atoms with Crippen LogP contribution in [0.1, 0.15) is 33.3 Å². The lowest BCUT2D eigenvalue weighted by atomic mass is 9.83. The Labute approximate surface area is 171 Å². The minimum atomic E-state index is -1.26. The summed E-state index contributed by atoms with van der Waals surface area (Å²) in [4.78, 5) is 21.6. The number of carbonyl (C=O) groups excluding carboxylic acids is 1. The fraction of sp³-hybridized carbons (Fsp3) is 0.500. The normalized spacial score (nSPS) is 15.8. The predicted octanol–water partition coefficient (Wildman–Crippen LogP) is 2.52. The third kappa shape index (κ3) is 6.32. The summed E-state index contributed by atoms with van der Waals surface area (Å²) in [5, 5.41) is 26.1. The molecule has 2 aromatic rings. The maximum absolute atomic E-state index is 12.3. The Morgan fingerprint density at radius 2 is 1.93 bits per heavy atom. The Hall–Kier alpha value is -2.35. The van der Waals surface area contributed by atoms with Gasteiger partial charge in [0.05, 0.1) is 6.10 Å². The van der Waals surface area contributed by atoms with Crippen LogP contribution in [0, 0.1) is 5.41 Å². The first kappa shape index (κ1) is 22.9. The van der Waals surface area contributed by atoms with E-state index in [2.05, 4.69) is 10.1 Å². The highest BCUT2D eigenvalue weighted by Gasteiger charge is 2.35. The molecule has 1 aromatic carbocycles. The molecule has 2 rings (SSSR count). The predicted molar refractivity (Wildman–Crippen MR) is 112 cm³/mol. The van der Waals surface area contributed by atoms with Gasteiger partial charge in [-0.25, -0.2) is 0 Å². The molecule has 1 aromatic heterocycles. The number of methoxy groups -OCH3 is 1. The minimum absolute atomic E-state index is 0.154. The van der Waals surface area contributed by atoms with Crippen LogP contribution in [-0.4, -0.2) is 58.7 Å². The number of ketones is 1. The number of ether oxygens (including phenoxy) is 1. The molecule has 0 aliphatic carbocycles. The number of aromatic nitrogens is 1. The highest BCUT2D eigenvalue weighted by atomic mass is 16.6. The van der Waals surface area contributed by atoms with Crippen molar-refractivity contribution in [1.82, 2.24) is 4.98 Å². The second-order valence-corrected chi connectivity index (χ2v) is 8.23. The molecule has 7 heteroatoms. The van der Waals surface area contributed by atoms with Crippen LogP contribution in [0.4, 0.5) is 0 Å². The van der Waals surface area contributed by atoms with Crippen molar-refractivity contribution in [3.8, 4) is 0 Å². The molecule has 0 bridgehead atoms. The van der Waals surface area contributed by atoms with Crippen LogP contribution in [0.2, 0.25) is 0 Å². The number of Topliss-reactive ketones (excluding diaryl/α,β-unsaturated/α-hetero) is 1. The number of pyridine rings is 1. The van der Waals surface area contributed by atoms with E-state index in [1.54, 1.807) is 12.4 Å². The van der Waals surface area contributed by atoms with Crippen molar-refractivity contribution < 1.29 is 24.6 Å². The molecule has 29 heavy (non-hydrogen) atoms. The van der Waals surface area contributed by atoms with Crippen LogP contribution < -0.4 is 0 Å². The SMILES string of the molecule is CO[C@H](/C(=N/OCC(=O)Cc1ccc2cnccc2c1)[C@@H](O)[C@@H](C)O)C(C)(C)C. The summed E-state index contributed by atoms with van der Waals surface area (Å²) in [6.07, 6.45) is 0.784. The lowest BCUT2D eigenvalue weighted by molar-refractivity contribution is -0.123. The number of rotatable bonds is 9. The summed E-state index contributed by atoms with van der Waals surface area (Å²) < 4.78 is 5.47. The van der Waals surface area contributed by atoms with Gasteiger partial charge >= 0.3 is 0 Å². The average Bonchev–Trinajstić information content (AvgIpc) is 2.65. The number of benzene rings is 1. The van der Waals surface area contributed by atoms with E-state index in [4.69, 9.17) is 9.57 Å². The zero-order chi connectivity index (χ0) is 21.6. The third-order valence-electron chi connectivity index (χ3n) is 4.55. The Kier molecular flexibility index (Phi) is 7.84. The minimum Gasteiger partial charge on any atom is -0.390 e. The molecule has 0 saturated heterocycles. The Morgan fingerprint density at radius 3 is 2.55 bits per heavy atom. The molecule has 2 N–H and O–H groups in total. The lowest BCUT2D eigenvalue weighted by Gasteiger charge is -2.32. The summed E-state index contributed by atoms with van der Waals surface area (Å²) in [6, 6.07) is 7.65. The number of carbonyl (C=O) groups is 1. The zero-order valence-corrected chi connectivity index (χ0v) is 17.6. The fourth-order valence-electron chi connectivity index (χ4n) is 3.12. The van der Waals surface area contributed by atoms with Gasteiger partial charge in [-0.2, -0.15) is 0 Å². The molecular weight excluding hydrogens is 372 g/mol. The molecule has 3 atom stereocenters. The van der Waals surface area contributed by atoms with Gasteiger partial charge in [0.1, 0.15) is 17.9 Å². The van der Waals surface area contributed by atoms with Crippen LogP contribution in [0.25, 0.3) is 10.8 Å². The highest BCUT2D eigenvalue weighted by molar-refractivity contribution is 5.93. The van der Waals surface area contributed by atoms with Crippen LogP contribution >= 0.6 is 0 Å². The topological polar surface area (TPSA) is 101 Å². The van der Waals surface area contributed by atoms with E-state index in [-0.39, 0.29) is 24.5 Å². The molecule has 0 saturated carbocycles. The average molecular weight is 402 g/mol. The van der Waals surface area contributed by atoms with Gasteiger partial charge in [0.25, 0.3) is 0 Å². The van der Waals surface area contributed by atoms with E-state index in [0.717, 1.165) is 16.3 Å². The number of aliphatic hydroxyl groups is 2. The van der Waals surface area contributed by atoms with Crippen molar-refractivity contribution >= 4 is 22.3 Å². The number of aliphatic hydroxyl groups excluding tert-OH is 2. The van der Waals surface area contributed by atoms with Crippen molar-refractivity contribution in [2.45, 2.75) is 52.4 Å². The van der Waals surface area contributed by atoms with Gasteiger partial charge in [-0.15, -0.1) is 0 Å². The maximum atomic E-state index is 12.3. The van der Waals surface area contributed by atoms with Gasteiger partial charge in [0.15, 0.2) is 12.4 Å². The van der Waals surface area contributed by atoms with Crippen molar-refractivity contribution in [2.75, 3.05) is 13.7 Å². The van der Waals surface area contributed by atoms with Gasteiger partial charge in [0, 0.05) is 31.3 Å². The first-order chi connectivity index (χ1) is 13.6. The van der Waals surface area contributed by atoms with E-state index in [1.807, 2.05) is 45.0 Å². The summed E-state index contributed by atoms with van der Waals surface area (Å²) in [7, 11) is 1.50. The number of hydrogen-bond donors (Lipinski definition) is 2. The molecule has 1 heterocycles. The molecule has 0 radical (unpaired) electrons. The van der Waals surface area contributed by atoms with Gasteiger partial charge in [-0.05, 0) is 29.4 Å². The van der Waals surface area contributed by atoms with Gasteiger partial charge in [0.2, 0.25) is 0 Å². The van der Waals surface area contributed by atoms with Crippen molar-refractivity contribution in [3.05, 3.63) is 42.2 Å². The highest BCUT2D eigenvalue weighted by Crippen LogP contribution is 2.25. The maximum Gasteiger partial charge on any atom is 0.177 e. The van der Waals surface area contributed by atoms with Crippen molar-refractivity contribution in [1.29, 1.82) is 0 Å². The summed E-state index contributed by atoms with van der Waals surface area (Å²) in [5.41, 5.74) is 0.632. The smallest absolute Gasteiger partial charge is 0.177 e. The first-order valence-electron chi connectivity index (χ1n) is 9.56. The quantitative estimate of drug-likeness (QED) is 0.494. The summed E-state index contributed by atoms with van der Waals surface area (Å²) in [6.45, 7) is 6.98. The van der Waals surface area contributed by atoms with Gasteiger partial charge < -0.3 is 19.8 Å². The van der Waals surface area contributed by atoms with Crippen LogP contribution in [-0.2, 0) is 20.8 Å². The van der Waals surface area contributed by atoms with Crippen LogP contribution in [0.5, 0.6) is 0 Å². The molecule has 0 unspecified atom stereocenters. The molecule has 0 amide bonds. The second-order valence-electron chi connectivity index (χ2n) is 8.23. The van der Waals surface area contributed by atoms with Crippen molar-refractivity contribution in [3.63, 3.8) is 0 Å². The van der Waals surface area contributed by atoms with Crippen LogP contribution in [0.15, 0.2) is 41.8 Å². The molecule has 7 nitrogen and oxygen atoms in total. The largest absolute Gasteiger partial charge is 0.390 e. The van der Waals surface area contributed by atoms with E-state index in [0.29, 0.717) is 0 Å². The number of fused-ring (bicyclic) bond motifs is 1. The van der Waals surface area contributed by atoms with Gasteiger partial charge in [-0.1, -0.05) is 44.1 Å². The molecule has 0 spiro atoms. The van der Waals surface area contributed by atoms with E-state index < -0.39 is 23.7 Å². The molecule has 0 fully saturated rings. The monoisotopic (exact) mass is 402 g/mol.